The number of thioether (sulfide) groups is 1. The summed E-state index contributed by atoms with van der Waals surface area (Å²) in [7, 11) is 0. The van der Waals surface area contributed by atoms with Gasteiger partial charge in [-0.2, -0.15) is 13.2 Å². The summed E-state index contributed by atoms with van der Waals surface area (Å²) in [5, 5.41) is 2.89. The van der Waals surface area contributed by atoms with E-state index in [2.05, 4.69) is 10.3 Å². The van der Waals surface area contributed by atoms with Crippen LogP contribution in [0.15, 0.2) is 64.5 Å². The summed E-state index contributed by atoms with van der Waals surface area (Å²) in [5.74, 6) is -0.466. The van der Waals surface area contributed by atoms with Crippen molar-refractivity contribution >= 4 is 34.6 Å². The monoisotopic (exact) mass is 348 g/mol. The Morgan fingerprint density at radius 2 is 1.67 bits per heavy atom. The van der Waals surface area contributed by atoms with Gasteiger partial charge in [-0.3, -0.25) is 4.79 Å². The van der Waals surface area contributed by atoms with Crippen LogP contribution in [0.2, 0.25) is 0 Å². The van der Waals surface area contributed by atoms with Gasteiger partial charge in [-0.15, -0.1) is 0 Å². The normalized spacial score (nSPS) is 18.2. The number of hydrogen-bond donors (Lipinski definition) is 1. The third-order valence-corrected chi connectivity index (χ3v) is 4.10. The van der Waals surface area contributed by atoms with Gasteiger partial charge in [0.1, 0.15) is 0 Å². The zero-order valence-corrected chi connectivity index (χ0v) is 13.0. The number of nitrogens with zero attached hydrogens (tertiary/aromatic N) is 1. The van der Waals surface area contributed by atoms with Crippen molar-refractivity contribution in [3.8, 4) is 0 Å². The first-order valence-electron chi connectivity index (χ1n) is 6.94. The maximum Gasteiger partial charge on any atom is 0.416 e. The number of halogens is 3. The molecule has 1 amide bonds. The Labute approximate surface area is 140 Å². The van der Waals surface area contributed by atoms with Crippen molar-refractivity contribution in [1.82, 2.24) is 5.32 Å². The van der Waals surface area contributed by atoms with Gasteiger partial charge in [0, 0.05) is 0 Å². The highest BCUT2D eigenvalue weighted by Crippen LogP contribution is 2.35. The fourth-order valence-corrected chi connectivity index (χ4v) is 2.96. The van der Waals surface area contributed by atoms with Crippen LogP contribution in [0.1, 0.15) is 11.1 Å². The highest BCUT2D eigenvalue weighted by atomic mass is 32.2. The van der Waals surface area contributed by atoms with E-state index in [1.807, 2.05) is 6.07 Å². The van der Waals surface area contributed by atoms with E-state index >= 15 is 0 Å². The number of carbonyl (C=O) groups excluding carboxylic acids is 1. The molecule has 1 saturated heterocycles. The number of alkyl halides is 3. The topological polar surface area (TPSA) is 41.5 Å². The van der Waals surface area contributed by atoms with Crippen molar-refractivity contribution in [3.05, 3.63) is 70.6 Å². The van der Waals surface area contributed by atoms with Crippen LogP contribution in [0.3, 0.4) is 0 Å². The molecule has 3 nitrogen and oxygen atoms in total. The molecule has 0 spiro atoms. The van der Waals surface area contributed by atoms with Gasteiger partial charge in [0.2, 0.25) is 0 Å². The molecule has 0 aliphatic carbocycles. The molecule has 0 saturated carbocycles. The summed E-state index contributed by atoms with van der Waals surface area (Å²) in [5.41, 5.74) is -0.180. The minimum Gasteiger partial charge on any atom is -0.300 e. The molecular weight excluding hydrogens is 337 g/mol. The Kier molecular flexibility index (Phi) is 4.44. The summed E-state index contributed by atoms with van der Waals surface area (Å²) < 4.78 is 39.1. The van der Waals surface area contributed by atoms with Gasteiger partial charge < -0.3 is 5.32 Å². The second-order valence-corrected chi connectivity index (χ2v) is 5.93. The molecule has 2 aromatic rings. The van der Waals surface area contributed by atoms with E-state index in [0.29, 0.717) is 10.9 Å². The SMILES string of the molecule is O=C1NC(=Nc2ccccc2)S/C1=C\c1ccccc1C(F)(F)F. The van der Waals surface area contributed by atoms with E-state index < -0.39 is 17.6 Å². The predicted octanol–water partition coefficient (Wildman–Crippen LogP) is 4.60. The van der Waals surface area contributed by atoms with Crippen molar-refractivity contribution < 1.29 is 18.0 Å². The van der Waals surface area contributed by atoms with Crippen molar-refractivity contribution in [2.75, 3.05) is 0 Å². The van der Waals surface area contributed by atoms with Crippen LogP contribution in [-0.2, 0) is 11.0 Å². The number of amides is 1. The lowest BCUT2D eigenvalue weighted by atomic mass is 10.1. The Morgan fingerprint density at radius 3 is 2.38 bits per heavy atom. The van der Waals surface area contributed by atoms with E-state index in [0.717, 1.165) is 17.8 Å². The standard InChI is InChI=1S/C17H11F3N2OS/c18-17(19,20)13-9-5-4-6-11(13)10-14-15(23)22-16(24-14)21-12-7-2-1-3-8-12/h1-10H,(H,21,22,23)/b14-10-. The van der Waals surface area contributed by atoms with Gasteiger partial charge in [-0.25, -0.2) is 4.99 Å². The quantitative estimate of drug-likeness (QED) is 0.806. The van der Waals surface area contributed by atoms with Crippen LogP contribution >= 0.6 is 11.8 Å². The number of carbonyl (C=O) groups is 1. The van der Waals surface area contributed by atoms with Crippen molar-refractivity contribution in [1.29, 1.82) is 0 Å². The second-order valence-electron chi connectivity index (χ2n) is 4.90. The zero-order chi connectivity index (χ0) is 17.2. The van der Waals surface area contributed by atoms with Crippen LogP contribution in [0, 0.1) is 0 Å². The van der Waals surface area contributed by atoms with Crippen molar-refractivity contribution in [2.45, 2.75) is 6.18 Å². The molecule has 122 valence electrons. The largest absolute Gasteiger partial charge is 0.416 e. The molecule has 3 rings (SSSR count). The van der Waals surface area contributed by atoms with E-state index in [9.17, 15) is 18.0 Å². The summed E-state index contributed by atoms with van der Waals surface area (Å²) in [6, 6.07) is 14.1. The maximum atomic E-state index is 13.0. The lowest BCUT2D eigenvalue weighted by Crippen LogP contribution is -2.19. The lowest BCUT2D eigenvalue weighted by molar-refractivity contribution is -0.137. The lowest BCUT2D eigenvalue weighted by Gasteiger charge is -2.09. The zero-order valence-electron chi connectivity index (χ0n) is 12.2. The first-order chi connectivity index (χ1) is 11.4. The Hall–Kier alpha value is -2.54. The number of amidine groups is 1. The highest BCUT2D eigenvalue weighted by Gasteiger charge is 2.33. The first kappa shape index (κ1) is 16.3. The molecule has 1 aliphatic heterocycles. The Balaban J connectivity index is 1.90. The molecule has 1 N–H and O–H groups in total. The number of rotatable bonds is 2. The first-order valence-corrected chi connectivity index (χ1v) is 7.76. The Bertz CT molecular complexity index is 829. The van der Waals surface area contributed by atoms with Gasteiger partial charge in [0.15, 0.2) is 5.17 Å². The third-order valence-electron chi connectivity index (χ3n) is 3.19. The smallest absolute Gasteiger partial charge is 0.300 e. The molecule has 1 heterocycles. The molecular formula is C17H11F3N2OS. The van der Waals surface area contributed by atoms with Crippen molar-refractivity contribution in [2.24, 2.45) is 4.99 Å². The van der Waals surface area contributed by atoms with E-state index in [1.54, 1.807) is 24.3 Å². The van der Waals surface area contributed by atoms with Crippen LogP contribution in [-0.4, -0.2) is 11.1 Å². The number of benzene rings is 2. The van der Waals surface area contributed by atoms with Gasteiger partial charge in [-0.05, 0) is 41.6 Å². The van der Waals surface area contributed by atoms with E-state index in [4.69, 9.17) is 0 Å². The van der Waals surface area contributed by atoms with Crippen LogP contribution in [0.25, 0.3) is 6.08 Å². The maximum absolute atomic E-state index is 13.0. The predicted molar refractivity (Wildman–Crippen MR) is 88.7 cm³/mol. The molecule has 0 aromatic heterocycles. The summed E-state index contributed by atoms with van der Waals surface area (Å²) >= 11 is 1.01. The fraction of sp³-hybridized carbons (Fsp3) is 0.0588. The van der Waals surface area contributed by atoms with Gasteiger partial charge in [0.05, 0.1) is 16.2 Å². The molecule has 24 heavy (non-hydrogen) atoms. The summed E-state index contributed by atoms with van der Waals surface area (Å²) in [4.78, 5) is 16.4. The molecule has 1 fully saturated rings. The average molecular weight is 348 g/mol. The number of aliphatic imine (C=N–C) groups is 1. The van der Waals surface area contributed by atoms with Gasteiger partial charge >= 0.3 is 6.18 Å². The number of para-hydroxylation sites is 1. The molecule has 0 bridgehead atoms. The van der Waals surface area contributed by atoms with Gasteiger partial charge in [0.25, 0.3) is 5.91 Å². The number of nitrogens with one attached hydrogen (secondary N) is 1. The molecule has 0 unspecified atom stereocenters. The Morgan fingerprint density at radius 1 is 1.00 bits per heavy atom. The minimum atomic E-state index is -4.48. The molecule has 1 aliphatic rings. The minimum absolute atomic E-state index is 0.0522. The second kappa shape index (κ2) is 6.52. The van der Waals surface area contributed by atoms with Crippen LogP contribution in [0.4, 0.5) is 18.9 Å². The summed E-state index contributed by atoms with van der Waals surface area (Å²) in [6.07, 6.45) is -3.25. The van der Waals surface area contributed by atoms with E-state index in [-0.39, 0.29) is 10.5 Å². The number of hydrogen-bond acceptors (Lipinski definition) is 3. The third kappa shape index (κ3) is 3.68. The fourth-order valence-electron chi connectivity index (χ4n) is 2.12. The van der Waals surface area contributed by atoms with Crippen LogP contribution < -0.4 is 5.32 Å². The molecule has 0 atom stereocenters. The molecule has 0 radical (unpaired) electrons. The average Bonchev–Trinajstić information content (AvgIpc) is 2.87. The van der Waals surface area contributed by atoms with E-state index in [1.165, 1.54) is 24.3 Å². The van der Waals surface area contributed by atoms with Crippen molar-refractivity contribution in [3.63, 3.8) is 0 Å². The molecule has 7 heteroatoms. The van der Waals surface area contributed by atoms with Gasteiger partial charge in [-0.1, -0.05) is 36.4 Å². The summed E-state index contributed by atoms with van der Waals surface area (Å²) in [6.45, 7) is 0. The van der Waals surface area contributed by atoms with Crippen LogP contribution in [0.5, 0.6) is 0 Å². The molecule has 2 aromatic carbocycles. The highest BCUT2D eigenvalue weighted by molar-refractivity contribution is 8.18.